The first kappa shape index (κ1) is 14.8. The van der Waals surface area contributed by atoms with E-state index in [0.29, 0.717) is 0 Å². The van der Waals surface area contributed by atoms with E-state index >= 15 is 0 Å². The van der Waals surface area contributed by atoms with Gasteiger partial charge in [-0.3, -0.25) is 4.90 Å². The number of rotatable bonds is 3. The lowest BCUT2D eigenvalue weighted by molar-refractivity contribution is 0.166. The van der Waals surface area contributed by atoms with Crippen molar-refractivity contribution in [3.05, 3.63) is 20.8 Å². The third-order valence-corrected chi connectivity index (χ3v) is 5.68. The van der Waals surface area contributed by atoms with Crippen LogP contribution in [0.1, 0.15) is 31.2 Å². The maximum absolute atomic E-state index is 3.71. The molecule has 1 aromatic rings. The number of fused-ring (bicyclic) bond motifs is 2. The van der Waals surface area contributed by atoms with Crippen LogP contribution < -0.4 is 5.32 Å². The highest BCUT2D eigenvalue weighted by Crippen LogP contribution is 2.30. The summed E-state index contributed by atoms with van der Waals surface area (Å²) in [4.78, 5) is 2.54. The number of halogens is 2. The highest BCUT2D eigenvalue weighted by atomic mass is 79.9. The predicted molar refractivity (Wildman–Crippen MR) is 83.7 cm³/mol. The van der Waals surface area contributed by atoms with Crippen molar-refractivity contribution in [1.29, 1.82) is 0 Å². The minimum Gasteiger partial charge on any atom is -0.311 e. The molecule has 5 heteroatoms. The Hall–Kier alpha value is 0.390. The molecule has 3 heterocycles. The Kier molecular flexibility index (Phi) is 5.12. The van der Waals surface area contributed by atoms with E-state index in [1.165, 1.54) is 35.0 Å². The summed E-state index contributed by atoms with van der Waals surface area (Å²) < 4.78 is 1.24. The van der Waals surface area contributed by atoms with Gasteiger partial charge < -0.3 is 5.32 Å². The Labute approximate surface area is 128 Å². The monoisotopic (exact) mass is 350 g/mol. The van der Waals surface area contributed by atoms with Gasteiger partial charge in [-0.1, -0.05) is 0 Å². The van der Waals surface area contributed by atoms with E-state index in [0.717, 1.165) is 24.7 Å². The second-order valence-electron chi connectivity index (χ2n) is 5.44. The molecule has 2 aliphatic rings. The molecular formula is C13H20BrClN2S. The fourth-order valence-electron chi connectivity index (χ4n) is 3.23. The van der Waals surface area contributed by atoms with Crippen LogP contribution in [0, 0.1) is 0 Å². The first-order chi connectivity index (χ1) is 8.20. The van der Waals surface area contributed by atoms with Crippen LogP contribution in [0.2, 0.25) is 0 Å². The fraction of sp³-hybridized carbons (Fsp3) is 0.692. The largest absolute Gasteiger partial charge is 0.311 e. The molecule has 1 N–H and O–H groups in total. The minimum absolute atomic E-state index is 0. The Morgan fingerprint density at radius 3 is 2.61 bits per heavy atom. The van der Waals surface area contributed by atoms with E-state index in [9.17, 15) is 0 Å². The summed E-state index contributed by atoms with van der Waals surface area (Å²) in [5, 5.41) is 5.97. The molecule has 0 amide bonds. The standard InChI is InChI=1S/C13H19BrN2S.ClH/c1-16(7-9-4-13(14)17-8-9)12-5-10-2-3-11(6-12)15-10;/h4,8,10-12,15H,2-3,5-7H2,1H3;1H. The predicted octanol–water partition coefficient (Wildman–Crippen LogP) is 3.65. The van der Waals surface area contributed by atoms with Gasteiger partial charge in [0, 0.05) is 24.7 Å². The summed E-state index contributed by atoms with van der Waals surface area (Å²) in [6.45, 7) is 1.09. The van der Waals surface area contributed by atoms with Gasteiger partial charge in [-0.05, 0) is 65.7 Å². The average molecular weight is 352 g/mol. The first-order valence-corrected chi connectivity index (χ1v) is 8.07. The Morgan fingerprint density at radius 2 is 2.06 bits per heavy atom. The van der Waals surface area contributed by atoms with Crippen molar-refractivity contribution >= 4 is 39.7 Å². The van der Waals surface area contributed by atoms with Crippen molar-refractivity contribution in [2.75, 3.05) is 7.05 Å². The molecule has 3 rings (SSSR count). The van der Waals surface area contributed by atoms with Crippen LogP contribution in [-0.4, -0.2) is 30.1 Å². The SMILES string of the molecule is CN(Cc1csc(Br)c1)C1CC2CCC(C1)N2.Cl. The van der Waals surface area contributed by atoms with E-state index in [1.54, 1.807) is 11.3 Å². The van der Waals surface area contributed by atoms with Crippen molar-refractivity contribution in [2.45, 2.75) is 50.4 Å². The van der Waals surface area contributed by atoms with E-state index in [4.69, 9.17) is 0 Å². The molecule has 2 unspecified atom stereocenters. The molecule has 1 aromatic heterocycles. The van der Waals surface area contributed by atoms with Crippen LogP contribution in [0.4, 0.5) is 0 Å². The lowest BCUT2D eigenvalue weighted by Crippen LogP contribution is -2.46. The van der Waals surface area contributed by atoms with Gasteiger partial charge in [0.2, 0.25) is 0 Å². The summed E-state index contributed by atoms with van der Waals surface area (Å²) in [5.41, 5.74) is 1.44. The topological polar surface area (TPSA) is 15.3 Å². The molecule has 2 saturated heterocycles. The van der Waals surface area contributed by atoms with Gasteiger partial charge in [-0.15, -0.1) is 23.7 Å². The highest BCUT2D eigenvalue weighted by Gasteiger charge is 2.34. The van der Waals surface area contributed by atoms with E-state index in [-0.39, 0.29) is 12.4 Å². The lowest BCUT2D eigenvalue weighted by Gasteiger charge is -2.35. The molecule has 2 atom stereocenters. The number of piperidine rings is 1. The number of thiophene rings is 1. The third-order valence-electron chi connectivity index (χ3n) is 4.13. The van der Waals surface area contributed by atoms with Crippen LogP contribution >= 0.6 is 39.7 Å². The second-order valence-corrected chi connectivity index (χ2v) is 7.73. The molecule has 102 valence electrons. The molecule has 0 radical (unpaired) electrons. The van der Waals surface area contributed by atoms with Gasteiger partial charge in [0.25, 0.3) is 0 Å². The molecule has 2 aliphatic heterocycles. The van der Waals surface area contributed by atoms with Crippen LogP contribution in [0.25, 0.3) is 0 Å². The van der Waals surface area contributed by atoms with Gasteiger partial charge in [0.05, 0.1) is 3.79 Å². The number of hydrogen-bond donors (Lipinski definition) is 1. The zero-order valence-electron chi connectivity index (χ0n) is 10.6. The molecule has 0 saturated carbocycles. The maximum atomic E-state index is 3.71. The first-order valence-electron chi connectivity index (χ1n) is 6.40. The zero-order chi connectivity index (χ0) is 11.8. The van der Waals surface area contributed by atoms with Gasteiger partial charge >= 0.3 is 0 Å². The smallest absolute Gasteiger partial charge is 0.0701 e. The molecular weight excluding hydrogens is 332 g/mol. The highest BCUT2D eigenvalue weighted by molar-refractivity contribution is 9.11. The fourth-order valence-corrected chi connectivity index (χ4v) is 4.43. The quantitative estimate of drug-likeness (QED) is 0.894. The van der Waals surface area contributed by atoms with Crippen molar-refractivity contribution in [3.63, 3.8) is 0 Å². The van der Waals surface area contributed by atoms with E-state index in [2.05, 4.69) is 44.6 Å². The summed E-state index contributed by atoms with van der Waals surface area (Å²) in [5.74, 6) is 0. The molecule has 2 nitrogen and oxygen atoms in total. The number of nitrogens with one attached hydrogen (secondary N) is 1. The Morgan fingerprint density at radius 1 is 1.39 bits per heavy atom. The maximum Gasteiger partial charge on any atom is 0.0701 e. The van der Waals surface area contributed by atoms with Gasteiger partial charge in [0.1, 0.15) is 0 Å². The van der Waals surface area contributed by atoms with Crippen LogP contribution in [-0.2, 0) is 6.54 Å². The van der Waals surface area contributed by atoms with Crippen molar-refractivity contribution in [3.8, 4) is 0 Å². The Bertz CT molecular complexity index is 386. The Balaban J connectivity index is 0.00000120. The van der Waals surface area contributed by atoms with Crippen LogP contribution in [0.5, 0.6) is 0 Å². The summed E-state index contributed by atoms with van der Waals surface area (Å²) in [7, 11) is 2.28. The molecule has 0 aliphatic carbocycles. The molecule has 18 heavy (non-hydrogen) atoms. The van der Waals surface area contributed by atoms with Crippen LogP contribution in [0.3, 0.4) is 0 Å². The van der Waals surface area contributed by atoms with Gasteiger partial charge in [-0.2, -0.15) is 0 Å². The van der Waals surface area contributed by atoms with Gasteiger partial charge in [0.15, 0.2) is 0 Å². The summed E-state index contributed by atoms with van der Waals surface area (Å²) in [6.07, 6.45) is 5.44. The average Bonchev–Trinajstić information content (AvgIpc) is 2.85. The molecule has 2 fully saturated rings. The molecule has 2 bridgehead atoms. The van der Waals surface area contributed by atoms with E-state index < -0.39 is 0 Å². The molecule has 0 spiro atoms. The van der Waals surface area contributed by atoms with Crippen molar-refractivity contribution < 1.29 is 0 Å². The summed E-state index contributed by atoms with van der Waals surface area (Å²) >= 11 is 5.32. The third kappa shape index (κ3) is 3.28. The normalized spacial score (nSPS) is 30.5. The number of hydrogen-bond acceptors (Lipinski definition) is 3. The van der Waals surface area contributed by atoms with Crippen molar-refractivity contribution in [1.82, 2.24) is 10.2 Å². The van der Waals surface area contributed by atoms with Gasteiger partial charge in [-0.25, -0.2) is 0 Å². The summed E-state index contributed by atoms with van der Waals surface area (Å²) in [6, 6.07) is 4.59. The van der Waals surface area contributed by atoms with E-state index in [1.807, 2.05) is 0 Å². The van der Waals surface area contributed by atoms with Crippen molar-refractivity contribution in [2.24, 2.45) is 0 Å². The molecule has 0 aromatic carbocycles. The lowest BCUT2D eigenvalue weighted by atomic mass is 9.98. The van der Waals surface area contributed by atoms with Crippen LogP contribution in [0.15, 0.2) is 15.2 Å². The number of nitrogens with zero attached hydrogens (tertiary/aromatic N) is 1. The zero-order valence-corrected chi connectivity index (χ0v) is 13.8. The minimum atomic E-state index is 0. The second kappa shape index (κ2) is 6.23.